The van der Waals surface area contributed by atoms with E-state index in [9.17, 15) is 4.79 Å². The lowest BCUT2D eigenvalue weighted by atomic mass is 10.1. The summed E-state index contributed by atoms with van der Waals surface area (Å²) in [4.78, 5) is 20.2. The van der Waals surface area contributed by atoms with Gasteiger partial charge in [-0.15, -0.1) is 22.7 Å². The summed E-state index contributed by atoms with van der Waals surface area (Å²) in [6.45, 7) is 3.20. The lowest BCUT2D eigenvalue weighted by molar-refractivity contribution is -0.136. The number of rotatable bonds is 7. The number of nitrogens with zero attached hydrogens (tertiary/aromatic N) is 2. The number of aryl methyl sites for hydroxylation is 1. The molecule has 0 saturated carbocycles. The van der Waals surface area contributed by atoms with Crippen LogP contribution in [-0.2, 0) is 11.3 Å². The standard InChI is InChI=1S/C18H18N2O2S2/c1-13-17(14-6-3-2-4-7-14)19-18(24-13)20(10-9-16(21)22)12-15-8-5-11-23-15/h2-8,11H,9-10,12H2,1H3,(H,21,22). The van der Waals surface area contributed by atoms with Crippen LogP contribution in [-0.4, -0.2) is 22.6 Å². The van der Waals surface area contributed by atoms with E-state index in [-0.39, 0.29) is 6.42 Å². The van der Waals surface area contributed by atoms with E-state index < -0.39 is 5.97 Å². The molecule has 0 aliphatic carbocycles. The summed E-state index contributed by atoms with van der Waals surface area (Å²) in [5.41, 5.74) is 2.06. The van der Waals surface area contributed by atoms with Gasteiger partial charge < -0.3 is 10.0 Å². The van der Waals surface area contributed by atoms with Gasteiger partial charge >= 0.3 is 5.97 Å². The van der Waals surface area contributed by atoms with Crippen LogP contribution in [0.3, 0.4) is 0 Å². The Hall–Kier alpha value is -2.18. The van der Waals surface area contributed by atoms with Crippen molar-refractivity contribution >= 4 is 33.8 Å². The minimum absolute atomic E-state index is 0.102. The average molecular weight is 358 g/mol. The largest absolute Gasteiger partial charge is 0.481 e. The van der Waals surface area contributed by atoms with E-state index in [0.29, 0.717) is 13.1 Å². The van der Waals surface area contributed by atoms with Gasteiger partial charge in [-0.05, 0) is 18.4 Å². The van der Waals surface area contributed by atoms with Gasteiger partial charge in [-0.2, -0.15) is 0 Å². The van der Waals surface area contributed by atoms with Crippen molar-refractivity contribution in [1.29, 1.82) is 0 Å². The molecule has 3 aromatic rings. The van der Waals surface area contributed by atoms with Crippen molar-refractivity contribution in [2.24, 2.45) is 0 Å². The second-order valence-electron chi connectivity index (χ2n) is 5.41. The first-order valence-corrected chi connectivity index (χ1v) is 9.35. The second kappa shape index (κ2) is 7.59. The van der Waals surface area contributed by atoms with Crippen molar-refractivity contribution in [2.75, 3.05) is 11.4 Å². The molecule has 0 aliphatic heterocycles. The van der Waals surface area contributed by atoms with E-state index >= 15 is 0 Å². The molecule has 0 bridgehead atoms. The Morgan fingerprint density at radius 1 is 1.21 bits per heavy atom. The minimum Gasteiger partial charge on any atom is -0.481 e. The highest BCUT2D eigenvalue weighted by Gasteiger charge is 2.17. The number of hydrogen-bond acceptors (Lipinski definition) is 5. The molecule has 124 valence electrons. The molecule has 24 heavy (non-hydrogen) atoms. The summed E-state index contributed by atoms with van der Waals surface area (Å²) < 4.78 is 0. The van der Waals surface area contributed by atoms with Crippen LogP contribution < -0.4 is 4.90 Å². The van der Waals surface area contributed by atoms with Gasteiger partial charge in [0.15, 0.2) is 5.13 Å². The van der Waals surface area contributed by atoms with Crippen LogP contribution in [0.2, 0.25) is 0 Å². The molecule has 6 heteroatoms. The number of carboxylic acid groups (broad SMARTS) is 1. The maximum Gasteiger partial charge on any atom is 0.305 e. The highest BCUT2D eigenvalue weighted by atomic mass is 32.1. The lowest BCUT2D eigenvalue weighted by Crippen LogP contribution is -2.25. The topological polar surface area (TPSA) is 53.4 Å². The smallest absolute Gasteiger partial charge is 0.305 e. The Morgan fingerprint density at radius 2 is 2.00 bits per heavy atom. The van der Waals surface area contributed by atoms with Crippen molar-refractivity contribution in [3.63, 3.8) is 0 Å². The van der Waals surface area contributed by atoms with Crippen LogP contribution >= 0.6 is 22.7 Å². The van der Waals surface area contributed by atoms with Gasteiger partial charge in [0, 0.05) is 21.9 Å². The monoisotopic (exact) mass is 358 g/mol. The molecular formula is C18H18N2O2S2. The van der Waals surface area contributed by atoms with E-state index in [4.69, 9.17) is 10.1 Å². The molecule has 0 spiro atoms. The van der Waals surface area contributed by atoms with E-state index in [2.05, 4.69) is 17.9 Å². The Balaban J connectivity index is 1.88. The van der Waals surface area contributed by atoms with Crippen molar-refractivity contribution in [3.8, 4) is 11.3 Å². The Kier molecular flexibility index (Phi) is 5.27. The van der Waals surface area contributed by atoms with Crippen LogP contribution in [0.5, 0.6) is 0 Å². The third-order valence-electron chi connectivity index (χ3n) is 3.63. The summed E-state index contributed by atoms with van der Waals surface area (Å²) in [6.07, 6.45) is 0.102. The van der Waals surface area contributed by atoms with Gasteiger partial charge in [0.25, 0.3) is 0 Å². The maximum absolute atomic E-state index is 11.0. The molecule has 2 aromatic heterocycles. The first kappa shape index (κ1) is 16.7. The van der Waals surface area contributed by atoms with Crippen LogP contribution in [0.15, 0.2) is 47.8 Å². The quantitative estimate of drug-likeness (QED) is 0.667. The van der Waals surface area contributed by atoms with E-state index in [1.807, 2.05) is 41.8 Å². The first-order chi connectivity index (χ1) is 11.6. The zero-order valence-corrected chi connectivity index (χ0v) is 14.9. The fourth-order valence-electron chi connectivity index (χ4n) is 2.45. The normalized spacial score (nSPS) is 10.7. The molecule has 0 aliphatic rings. The number of aromatic nitrogens is 1. The molecule has 2 heterocycles. The van der Waals surface area contributed by atoms with Crippen molar-refractivity contribution < 1.29 is 9.90 Å². The van der Waals surface area contributed by atoms with Gasteiger partial charge in [-0.25, -0.2) is 4.98 Å². The average Bonchev–Trinajstić information content (AvgIpc) is 3.21. The predicted molar refractivity (Wildman–Crippen MR) is 99.9 cm³/mol. The van der Waals surface area contributed by atoms with Gasteiger partial charge in [0.2, 0.25) is 0 Å². The molecule has 0 radical (unpaired) electrons. The fourth-order valence-corrected chi connectivity index (χ4v) is 4.12. The zero-order chi connectivity index (χ0) is 16.9. The predicted octanol–water partition coefficient (Wildman–Crippen LogP) is 4.66. The molecule has 0 atom stereocenters. The highest BCUT2D eigenvalue weighted by molar-refractivity contribution is 7.16. The number of carbonyl (C=O) groups is 1. The third-order valence-corrected chi connectivity index (χ3v) is 5.52. The van der Waals surface area contributed by atoms with Crippen molar-refractivity contribution in [2.45, 2.75) is 19.9 Å². The molecule has 0 amide bonds. The number of aliphatic carboxylic acids is 1. The molecule has 1 N–H and O–H groups in total. The SMILES string of the molecule is Cc1sc(N(CCC(=O)O)Cc2cccs2)nc1-c1ccccc1. The lowest BCUT2D eigenvalue weighted by Gasteiger charge is -2.20. The summed E-state index contributed by atoms with van der Waals surface area (Å²) >= 11 is 3.29. The Labute approximate surface area is 149 Å². The van der Waals surface area contributed by atoms with Crippen LogP contribution in [0.1, 0.15) is 16.2 Å². The summed E-state index contributed by atoms with van der Waals surface area (Å²) in [6, 6.07) is 14.2. The first-order valence-electron chi connectivity index (χ1n) is 7.65. The Morgan fingerprint density at radius 3 is 2.67 bits per heavy atom. The third kappa shape index (κ3) is 4.01. The molecule has 0 saturated heterocycles. The summed E-state index contributed by atoms with van der Waals surface area (Å²) in [5.74, 6) is -0.789. The van der Waals surface area contributed by atoms with Crippen molar-refractivity contribution in [1.82, 2.24) is 4.98 Å². The zero-order valence-electron chi connectivity index (χ0n) is 13.3. The number of hydrogen-bond donors (Lipinski definition) is 1. The molecular weight excluding hydrogens is 340 g/mol. The second-order valence-corrected chi connectivity index (χ2v) is 7.63. The minimum atomic E-state index is -0.789. The number of thiazole rings is 1. The Bertz CT molecular complexity index is 798. The van der Waals surface area contributed by atoms with Gasteiger partial charge in [0.05, 0.1) is 18.7 Å². The number of anilines is 1. The number of benzene rings is 1. The summed E-state index contributed by atoms with van der Waals surface area (Å²) in [7, 11) is 0. The molecule has 4 nitrogen and oxygen atoms in total. The number of thiophene rings is 1. The number of carboxylic acids is 1. The van der Waals surface area contributed by atoms with Crippen LogP contribution in [0, 0.1) is 6.92 Å². The van der Waals surface area contributed by atoms with Gasteiger partial charge in [0.1, 0.15) is 0 Å². The maximum atomic E-state index is 11.0. The molecule has 1 aromatic carbocycles. The summed E-state index contributed by atoms with van der Waals surface area (Å²) in [5, 5.41) is 11.9. The molecule has 3 rings (SSSR count). The highest BCUT2D eigenvalue weighted by Crippen LogP contribution is 2.33. The molecule has 0 unspecified atom stereocenters. The van der Waals surface area contributed by atoms with E-state index in [1.54, 1.807) is 22.7 Å². The van der Waals surface area contributed by atoms with E-state index in [0.717, 1.165) is 21.3 Å². The van der Waals surface area contributed by atoms with Crippen molar-refractivity contribution in [3.05, 3.63) is 57.6 Å². The van der Waals surface area contributed by atoms with Crippen LogP contribution in [0.4, 0.5) is 5.13 Å². The van der Waals surface area contributed by atoms with Crippen LogP contribution in [0.25, 0.3) is 11.3 Å². The molecule has 0 fully saturated rings. The van der Waals surface area contributed by atoms with Gasteiger partial charge in [-0.1, -0.05) is 36.4 Å². The van der Waals surface area contributed by atoms with Gasteiger partial charge in [-0.3, -0.25) is 4.79 Å². The fraction of sp³-hybridized carbons (Fsp3) is 0.222. The van der Waals surface area contributed by atoms with E-state index in [1.165, 1.54) is 4.88 Å².